The number of pyridine rings is 1. The van der Waals surface area contributed by atoms with Crippen LogP contribution in [0, 0.1) is 0 Å². The Bertz CT molecular complexity index is 815. The average Bonchev–Trinajstić information content (AvgIpc) is 3.30. The van der Waals surface area contributed by atoms with Crippen molar-refractivity contribution in [3.05, 3.63) is 59.6 Å². The van der Waals surface area contributed by atoms with Gasteiger partial charge in [0.15, 0.2) is 16.5 Å². The number of ether oxygens (including phenoxy) is 1. The van der Waals surface area contributed by atoms with E-state index in [1.54, 1.807) is 35.9 Å². The van der Waals surface area contributed by atoms with Crippen LogP contribution in [0.25, 0.3) is 10.8 Å². The van der Waals surface area contributed by atoms with Gasteiger partial charge in [-0.2, -0.15) is 0 Å². The van der Waals surface area contributed by atoms with Crippen molar-refractivity contribution in [2.24, 2.45) is 0 Å². The van der Waals surface area contributed by atoms with Crippen LogP contribution in [-0.4, -0.2) is 35.0 Å². The first kappa shape index (κ1) is 15.9. The van der Waals surface area contributed by atoms with Gasteiger partial charge in [0.2, 0.25) is 0 Å². The second-order valence-electron chi connectivity index (χ2n) is 4.64. The highest BCUT2D eigenvalue weighted by molar-refractivity contribution is 7.13. The number of hydrogen-bond acceptors (Lipinski definition) is 7. The summed E-state index contributed by atoms with van der Waals surface area (Å²) in [6.07, 6.45) is 4.61. The quantitative estimate of drug-likeness (QED) is 0.545. The highest BCUT2D eigenvalue weighted by Gasteiger charge is 2.14. The smallest absolute Gasteiger partial charge is 0.357 e. The van der Waals surface area contributed by atoms with Crippen LogP contribution >= 0.6 is 11.3 Å². The molecule has 122 valence electrons. The Hall–Kier alpha value is -3.00. The summed E-state index contributed by atoms with van der Waals surface area (Å²) in [4.78, 5) is 31.7. The maximum Gasteiger partial charge on any atom is 0.357 e. The van der Waals surface area contributed by atoms with Gasteiger partial charge in [0.05, 0.1) is 12.8 Å². The Kier molecular flexibility index (Phi) is 4.97. The molecular formula is C16H13N3O4S. The molecule has 8 heteroatoms. The van der Waals surface area contributed by atoms with E-state index in [0.29, 0.717) is 16.3 Å². The Morgan fingerprint density at radius 1 is 1.25 bits per heavy atom. The maximum absolute atomic E-state index is 11.9. The molecule has 3 rings (SSSR count). The van der Waals surface area contributed by atoms with Crippen molar-refractivity contribution in [3.63, 3.8) is 0 Å². The molecule has 1 amide bonds. The van der Waals surface area contributed by atoms with Gasteiger partial charge in [0.1, 0.15) is 6.61 Å². The molecule has 0 atom stereocenters. The van der Waals surface area contributed by atoms with Crippen molar-refractivity contribution in [1.82, 2.24) is 15.3 Å². The van der Waals surface area contributed by atoms with Gasteiger partial charge in [0.25, 0.3) is 5.91 Å². The number of hydrogen-bond donors (Lipinski definition) is 1. The van der Waals surface area contributed by atoms with E-state index in [4.69, 9.17) is 9.15 Å². The number of aromatic nitrogens is 2. The first-order valence-electron chi connectivity index (χ1n) is 7.09. The predicted octanol–water partition coefficient (Wildman–Crippen LogP) is 2.38. The topological polar surface area (TPSA) is 94.3 Å². The highest BCUT2D eigenvalue weighted by atomic mass is 32.1. The van der Waals surface area contributed by atoms with Crippen molar-refractivity contribution in [2.45, 2.75) is 0 Å². The van der Waals surface area contributed by atoms with Gasteiger partial charge in [-0.3, -0.25) is 9.78 Å². The van der Waals surface area contributed by atoms with Gasteiger partial charge < -0.3 is 14.5 Å². The lowest BCUT2D eigenvalue weighted by Crippen LogP contribution is -2.28. The predicted molar refractivity (Wildman–Crippen MR) is 86.7 cm³/mol. The number of rotatable bonds is 6. The lowest BCUT2D eigenvalue weighted by Gasteiger charge is -2.05. The van der Waals surface area contributed by atoms with Gasteiger partial charge in [-0.15, -0.1) is 11.3 Å². The maximum atomic E-state index is 11.9. The summed E-state index contributed by atoms with van der Waals surface area (Å²) in [6.45, 7) is 0.269. The number of esters is 1. The Labute approximate surface area is 141 Å². The molecule has 3 aromatic heterocycles. The first-order chi connectivity index (χ1) is 11.7. The van der Waals surface area contributed by atoms with Gasteiger partial charge in [-0.05, 0) is 24.3 Å². The van der Waals surface area contributed by atoms with Gasteiger partial charge >= 0.3 is 5.97 Å². The van der Waals surface area contributed by atoms with E-state index in [9.17, 15) is 9.59 Å². The fourth-order valence-electron chi connectivity index (χ4n) is 1.87. The van der Waals surface area contributed by atoms with E-state index in [2.05, 4.69) is 15.3 Å². The molecule has 0 aliphatic heterocycles. The molecule has 0 saturated heterocycles. The lowest BCUT2D eigenvalue weighted by molar-refractivity contribution is 0.0497. The molecule has 0 aliphatic rings. The van der Waals surface area contributed by atoms with E-state index in [1.807, 2.05) is 0 Å². The third kappa shape index (κ3) is 3.85. The summed E-state index contributed by atoms with van der Waals surface area (Å²) in [5.41, 5.74) is 0.714. The monoisotopic (exact) mass is 343 g/mol. The minimum Gasteiger partial charge on any atom is -0.462 e. The molecule has 0 aliphatic carbocycles. The fourth-order valence-corrected chi connectivity index (χ4v) is 2.62. The van der Waals surface area contributed by atoms with Crippen LogP contribution < -0.4 is 5.32 Å². The zero-order chi connectivity index (χ0) is 16.8. The fraction of sp³-hybridized carbons (Fsp3) is 0.125. The summed E-state index contributed by atoms with van der Waals surface area (Å²) < 4.78 is 10.3. The number of thiazole rings is 1. The van der Waals surface area contributed by atoms with Gasteiger partial charge in [0, 0.05) is 23.3 Å². The molecule has 0 unspecified atom stereocenters. The van der Waals surface area contributed by atoms with Crippen molar-refractivity contribution in [3.8, 4) is 10.8 Å². The molecule has 0 radical (unpaired) electrons. The summed E-state index contributed by atoms with van der Waals surface area (Å²) in [6, 6.07) is 6.72. The number of carbonyl (C=O) groups is 2. The third-order valence-electron chi connectivity index (χ3n) is 3.01. The zero-order valence-corrected chi connectivity index (χ0v) is 13.3. The van der Waals surface area contributed by atoms with Gasteiger partial charge in [-0.25, -0.2) is 9.78 Å². The second-order valence-corrected chi connectivity index (χ2v) is 5.50. The molecule has 7 nitrogen and oxygen atoms in total. The SMILES string of the molecule is O=C(NCCOC(=O)c1csc(-c2ccco2)n1)c1ccncc1. The molecule has 0 spiro atoms. The Morgan fingerprint density at radius 3 is 2.83 bits per heavy atom. The number of furan rings is 1. The molecule has 0 aromatic carbocycles. The van der Waals surface area contributed by atoms with Crippen LogP contribution in [-0.2, 0) is 4.74 Å². The Balaban J connectivity index is 1.45. The summed E-state index contributed by atoms with van der Waals surface area (Å²) >= 11 is 1.30. The van der Waals surface area contributed by atoms with Crippen LogP contribution in [0.4, 0.5) is 0 Å². The van der Waals surface area contributed by atoms with Crippen LogP contribution in [0.15, 0.2) is 52.7 Å². The zero-order valence-electron chi connectivity index (χ0n) is 12.5. The molecule has 24 heavy (non-hydrogen) atoms. The normalized spacial score (nSPS) is 10.3. The number of amides is 1. The standard InChI is InChI=1S/C16H13N3O4S/c20-14(11-3-5-17-6-4-11)18-7-9-23-16(21)12-10-24-15(19-12)13-2-1-8-22-13/h1-6,8,10H,7,9H2,(H,18,20). The number of nitrogens with zero attached hydrogens (tertiary/aromatic N) is 2. The number of nitrogens with one attached hydrogen (secondary N) is 1. The average molecular weight is 343 g/mol. The molecule has 0 bridgehead atoms. The van der Waals surface area contributed by atoms with E-state index in [-0.39, 0.29) is 24.8 Å². The Morgan fingerprint density at radius 2 is 2.08 bits per heavy atom. The van der Waals surface area contributed by atoms with E-state index in [0.717, 1.165) is 0 Å². The van der Waals surface area contributed by atoms with Crippen LogP contribution in [0.3, 0.4) is 0 Å². The van der Waals surface area contributed by atoms with Crippen molar-refractivity contribution >= 4 is 23.2 Å². The molecule has 0 saturated carbocycles. The second kappa shape index (κ2) is 7.51. The summed E-state index contributed by atoms with van der Waals surface area (Å²) in [7, 11) is 0. The third-order valence-corrected chi connectivity index (χ3v) is 3.87. The van der Waals surface area contributed by atoms with Crippen molar-refractivity contribution < 1.29 is 18.7 Å². The minimum absolute atomic E-state index is 0.0588. The van der Waals surface area contributed by atoms with E-state index in [1.165, 1.54) is 23.7 Å². The van der Waals surface area contributed by atoms with Crippen molar-refractivity contribution in [2.75, 3.05) is 13.2 Å². The molecule has 1 N–H and O–H groups in total. The molecule has 0 fully saturated rings. The lowest BCUT2D eigenvalue weighted by atomic mass is 10.2. The number of carbonyl (C=O) groups excluding carboxylic acids is 2. The summed E-state index contributed by atoms with van der Waals surface area (Å²) in [5, 5.41) is 4.87. The van der Waals surface area contributed by atoms with Gasteiger partial charge in [-0.1, -0.05) is 0 Å². The summed E-state index contributed by atoms with van der Waals surface area (Å²) in [5.74, 6) is -0.187. The molecule has 3 aromatic rings. The minimum atomic E-state index is -0.540. The van der Waals surface area contributed by atoms with E-state index >= 15 is 0 Å². The first-order valence-corrected chi connectivity index (χ1v) is 7.97. The van der Waals surface area contributed by atoms with E-state index < -0.39 is 5.97 Å². The van der Waals surface area contributed by atoms with Crippen LogP contribution in [0.5, 0.6) is 0 Å². The molecule has 3 heterocycles. The largest absolute Gasteiger partial charge is 0.462 e. The highest BCUT2D eigenvalue weighted by Crippen LogP contribution is 2.24. The molecular weight excluding hydrogens is 330 g/mol. The van der Waals surface area contributed by atoms with Crippen molar-refractivity contribution in [1.29, 1.82) is 0 Å². The van der Waals surface area contributed by atoms with Crippen LogP contribution in [0.2, 0.25) is 0 Å². The van der Waals surface area contributed by atoms with Crippen LogP contribution in [0.1, 0.15) is 20.8 Å².